The highest BCUT2D eigenvalue weighted by atomic mass is 79.9. The van der Waals surface area contributed by atoms with Crippen molar-refractivity contribution < 1.29 is 4.79 Å². The number of carbonyl (C=O) groups is 1. The molecule has 0 bridgehead atoms. The largest absolute Gasteiger partial charge is 0.317 e. The van der Waals surface area contributed by atoms with Gasteiger partial charge in [0.25, 0.3) is 0 Å². The molecular formula is C12H16BrNOS. The Kier molecular flexibility index (Phi) is 4.16. The molecule has 1 fully saturated rings. The van der Waals surface area contributed by atoms with Crippen LogP contribution < -0.4 is 5.32 Å². The van der Waals surface area contributed by atoms with Gasteiger partial charge in [0.1, 0.15) is 0 Å². The summed E-state index contributed by atoms with van der Waals surface area (Å²) < 4.78 is 1.02. The molecule has 0 saturated heterocycles. The Morgan fingerprint density at radius 3 is 2.62 bits per heavy atom. The molecule has 16 heavy (non-hydrogen) atoms. The molecule has 2 rings (SSSR count). The van der Waals surface area contributed by atoms with Gasteiger partial charge in [-0.25, -0.2) is 0 Å². The Morgan fingerprint density at radius 2 is 2.12 bits per heavy atom. The van der Waals surface area contributed by atoms with Crippen LogP contribution in [0.1, 0.15) is 35.4 Å². The molecule has 1 aliphatic carbocycles. The number of halogens is 1. The minimum atomic E-state index is 0.246. The fourth-order valence-electron chi connectivity index (χ4n) is 2.29. The number of hydrogen-bond acceptors (Lipinski definition) is 3. The van der Waals surface area contributed by atoms with Gasteiger partial charge in [0, 0.05) is 21.8 Å². The van der Waals surface area contributed by atoms with E-state index < -0.39 is 0 Å². The molecule has 0 aromatic carbocycles. The second-order valence-electron chi connectivity index (χ2n) is 4.33. The number of ketones is 1. The highest BCUT2D eigenvalue weighted by Gasteiger charge is 2.26. The van der Waals surface area contributed by atoms with Gasteiger partial charge in [0.15, 0.2) is 5.78 Å². The molecule has 1 aromatic rings. The van der Waals surface area contributed by atoms with Crippen LogP contribution in [0.5, 0.6) is 0 Å². The summed E-state index contributed by atoms with van der Waals surface area (Å²) in [7, 11) is 2.00. The Labute approximate surface area is 109 Å². The first-order valence-electron chi connectivity index (χ1n) is 5.66. The molecule has 1 heterocycles. The lowest BCUT2D eigenvalue weighted by molar-refractivity contribution is 0.0885. The summed E-state index contributed by atoms with van der Waals surface area (Å²) in [6.07, 6.45) is 4.30. The quantitative estimate of drug-likeness (QED) is 0.866. The normalized spacial score (nSPS) is 25.6. The minimum Gasteiger partial charge on any atom is -0.317 e. The van der Waals surface area contributed by atoms with Gasteiger partial charge in [-0.1, -0.05) is 0 Å². The van der Waals surface area contributed by atoms with E-state index >= 15 is 0 Å². The monoisotopic (exact) mass is 301 g/mol. The van der Waals surface area contributed by atoms with E-state index in [1.807, 2.05) is 18.5 Å². The molecule has 0 radical (unpaired) electrons. The summed E-state index contributed by atoms with van der Waals surface area (Å²) in [6, 6.07) is 2.55. The third-order valence-electron chi connectivity index (χ3n) is 3.32. The molecule has 0 unspecified atom stereocenters. The maximum atomic E-state index is 12.2. The third-order valence-corrected chi connectivity index (χ3v) is 5.02. The highest BCUT2D eigenvalue weighted by Crippen LogP contribution is 2.30. The molecule has 0 amide bonds. The molecule has 88 valence electrons. The molecule has 2 nitrogen and oxygen atoms in total. The van der Waals surface area contributed by atoms with Crippen molar-refractivity contribution in [2.75, 3.05) is 7.05 Å². The summed E-state index contributed by atoms with van der Waals surface area (Å²) in [5.74, 6) is 0.584. The second kappa shape index (κ2) is 5.43. The molecule has 4 heteroatoms. The zero-order valence-electron chi connectivity index (χ0n) is 9.33. The predicted octanol–water partition coefficient (Wildman–Crippen LogP) is 3.47. The number of nitrogens with one attached hydrogen (secondary N) is 1. The van der Waals surface area contributed by atoms with Crippen LogP contribution in [0, 0.1) is 5.92 Å². The van der Waals surface area contributed by atoms with Crippen molar-refractivity contribution in [3.8, 4) is 0 Å². The van der Waals surface area contributed by atoms with Gasteiger partial charge < -0.3 is 5.32 Å². The van der Waals surface area contributed by atoms with Crippen LogP contribution in [0.3, 0.4) is 0 Å². The van der Waals surface area contributed by atoms with Crippen LogP contribution in [0.4, 0.5) is 0 Å². The smallest absolute Gasteiger partial charge is 0.175 e. The first-order chi connectivity index (χ1) is 7.70. The van der Waals surface area contributed by atoms with E-state index in [1.54, 1.807) is 11.3 Å². The van der Waals surface area contributed by atoms with Gasteiger partial charge in [0.05, 0.1) is 4.88 Å². The van der Waals surface area contributed by atoms with E-state index in [0.29, 0.717) is 11.8 Å². The zero-order valence-corrected chi connectivity index (χ0v) is 11.7. The minimum absolute atomic E-state index is 0.246. The van der Waals surface area contributed by atoms with Gasteiger partial charge in [-0.3, -0.25) is 4.79 Å². The van der Waals surface area contributed by atoms with Gasteiger partial charge >= 0.3 is 0 Å². The van der Waals surface area contributed by atoms with Crippen LogP contribution in [0.2, 0.25) is 0 Å². The van der Waals surface area contributed by atoms with E-state index in [1.165, 1.54) is 0 Å². The molecular weight excluding hydrogens is 286 g/mol. The number of hydrogen-bond donors (Lipinski definition) is 1. The van der Waals surface area contributed by atoms with E-state index in [9.17, 15) is 4.79 Å². The fraction of sp³-hybridized carbons (Fsp3) is 0.583. The highest BCUT2D eigenvalue weighted by molar-refractivity contribution is 9.10. The van der Waals surface area contributed by atoms with Crippen LogP contribution in [-0.4, -0.2) is 18.9 Å². The van der Waals surface area contributed by atoms with Crippen molar-refractivity contribution in [1.29, 1.82) is 0 Å². The Bertz CT molecular complexity index is 369. The SMILES string of the molecule is CNC1CCC(C(=O)c2cc(Br)cs2)CC1. The third kappa shape index (κ3) is 2.73. The molecule has 1 aliphatic rings. The lowest BCUT2D eigenvalue weighted by atomic mass is 9.83. The predicted molar refractivity (Wildman–Crippen MR) is 71.2 cm³/mol. The molecule has 0 atom stereocenters. The average molecular weight is 302 g/mol. The zero-order chi connectivity index (χ0) is 11.5. The maximum Gasteiger partial charge on any atom is 0.175 e. The van der Waals surface area contributed by atoms with Crippen molar-refractivity contribution in [3.63, 3.8) is 0 Å². The standard InChI is InChI=1S/C12H16BrNOS/c1-14-10-4-2-8(3-5-10)12(15)11-6-9(13)7-16-11/h6-8,10,14H,2-5H2,1H3. The van der Waals surface area contributed by atoms with Crippen LogP contribution >= 0.6 is 27.3 Å². The van der Waals surface area contributed by atoms with Crippen LogP contribution in [0.25, 0.3) is 0 Å². The number of thiophene rings is 1. The van der Waals surface area contributed by atoms with Crippen molar-refractivity contribution in [2.45, 2.75) is 31.7 Å². The number of Topliss-reactive ketones (excluding diaryl/α,β-unsaturated/α-hetero) is 1. The van der Waals surface area contributed by atoms with E-state index in [4.69, 9.17) is 0 Å². The van der Waals surface area contributed by atoms with E-state index in [-0.39, 0.29) is 5.92 Å². The van der Waals surface area contributed by atoms with Crippen molar-refractivity contribution in [2.24, 2.45) is 5.92 Å². The molecule has 1 saturated carbocycles. The molecule has 0 aliphatic heterocycles. The van der Waals surface area contributed by atoms with Crippen LogP contribution in [0.15, 0.2) is 15.9 Å². The lowest BCUT2D eigenvalue weighted by Crippen LogP contribution is -2.32. The summed E-state index contributed by atoms with van der Waals surface area (Å²) in [5.41, 5.74) is 0. The van der Waals surface area contributed by atoms with E-state index in [0.717, 1.165) is 35.0 Å². The topological polar surface area (TPSA) is 29.1 Å². The number of carbonyl (C=O) groups excluding carboxylic acids is 1. The second-order valence-corrected chi connectivity index (χ2v) is 6.16. The first kappa shape index (κ1) is 12.3. The summed E-state index contributed by atoms with van der Waals surface area (Å²) in [6.45, 7) is 0. The Balaban J connectivity index is 1.96. The summed E-state index contributed by atoms with van der Waals surface area (Å²) >= 11 is 4.94. The molecule has 0 spiro atoms. The Hall–Kier alpha value is -0.190. The maximum absolute atomic E-state index is 12.2. The van der Waals surface area contributed by atoms with Crippen LogP contribution in [-0.2, 0) is 0 Å². The van der Waals surface area contributed by atoms with Crippen molar-refractivity contribution >= 4 is 33.0 Å². The summed E-state index contributed by atoms with van der Waals surface area (Å²) in [4.78, 5) is 13.1. The van der Waals surface area contributed by atoms with E-state index in [2.05, 4.69) is 21.2 Å². The lowest BCUT2D eigenvalue weighted by Gasteiger charge is -2.26. The van der Waals surface area contributed by atoms with Gasteiger partial charge in [-0.05, 0) is 54.7 Å². The van der Waals surface area contributed by atoms with Gasteiger partial charge in [0.2, 0.25) is 0 Å². The molecule has 1 N–H and O–H groups in total. The fourth-order valence-corrected chi connectivity index (χ4v) is 3.73. The Morgan fingerprint density at radius 1 is 1.44 bits per heavy atom. The number of rotatable bonds is 3. The first-order valence-corrected chi connectivity index (χ1v) is 7.33. The van der Waals surface area contributed by atoms with Gasteiger partial charge in [-0.15, -0.1) is 11.3 Å². The van der Waals surface area contributed by atoms with Crippen molar-refractivity contribution in [3.05, 3.63) is 20.8 Å². The van der Waals surface area contributed by atoms with Crippen molar-refractivity contribution in [1.82, 2.24) is 5.32 Å². The average Bonchev–Trinajstić information content (AvgIpc) is 2.75. The summed E-state index contributed by atoms with van der Waals surface area (Å²) in [5, 5.41) is 5.27. The van der Waals surface area contributed by atoms with Gasteiger partial charge in [-0.2, -0.15) is 0 Å². The molecule has 1 aromatic heterocycles.